The number of carbonyl (C=O) groups excluding carboxylic acids is 1. The van der Waals surface area contributed by atoms with Gasteiger partial charge in [0.25, 0.3) is 5.69 Å². The molecule has 6 atom stereocenters. The van der Waals surface area contributed by atoms with Crippen molar-refractivity contribution in [3.8, 4) is 11.5 Å². The van der Waals surface area contributed by atoms with Crippen molar-refractivity contribution in [1.82, 2.24) is 4.90 Å². The van der Waals surface area contributed by atoms with Gasteiger partial charge in [-0.15, -0.1) is 6.58 Å². The Morgan fingerprint density at radius 1 is 1.02 bits per heavy atom. The summed E-state index contributed by atoms with van der Waals surface area (Å²) in [6.45, 7) is 8.32. The summed E-state index contributed by atoms with van der Waals surface area (Å²) in [5, 5.41) is 45.1. The maximum Gasteiger partial charge on any atom is 0.410 e. The first-order valence-electron chi connectivity index (χ1n) is 20.0. The van der Waals surface area contributed by atoms with Crippen LogP contribution in [0.2, 0.25) is 0 Å². The van der Waals surface area contributed by atoms with Gasteiger partial charge in [0.05, 0.1) is 50.1 Å². The van der Waals surface area contributed by atoms with E-state index in [0.29, 0.717) is 42.2 Å². The number of aliphatic hydroxyl groups excluding tert-OH is 3. The zero-order valence-electron chi connectivity index (χ0n) is 33.2. The molecule has 316 valence electrons. The van der Waals surface area contributed by atoms with Gasteiger partial charge in [-0.25, -0.2) is 4.79 Å². The second kappa shape index (κ2) is 21.8. The van der Waals surface area contributed by atoms with E-state index in [0.717, 1.165) is 36.8 Å². The lowest BCUT2D eigenvalue weighted by Gasteiger charge is -2.59. The minimum absolute atomic E-state index is 0.00324. The smallest absolute Gasteiger partial charge is 0.410 e. The number of nitrogens with zero attached hydrogens (tertiary/aromatic N) is 3. The predicted octanol–water partition coefficient (Wildman–Crippen LogP) is 6.07. The van der Waals surface area contributed by atoms with Crippen LogP contribution in [-0.2, 0) is 25.7 Å². The van der Waals surface area contributed by atoms with E-state index in [9.17, 15) is 30.2 Å². The molecule has 5 rings (SSSR count). The van der Waals surface area contributed by atoms with E-state index in [4.69, 9.17) is 33.7 Å². The third kappa shape index (κ3) is 10.2. The zero-order chi connectivity index (χ0) is 41.5. The van der Waals surface area contributed by atoms with Crippen LogP contribution in [0.1, 0.15) is 62.0 Å². The van der Waals surface area contributed by atoms with Crippen molar-refractivity contribution < 1.29 is 53.6 Å². The number of carbonyl (C=O) groups is 1. The second-order valence-corrected chi connectivity index (χ2v) is 14.6. The summed E-state index contributed by atoms with van der Waals surface area (Å²) in [6.07, 6.45) is 9.34. The number of allylic oxidation sites excluding steroid dienone is 1. The number of fused-ring (bicyclic) bond motifs is 2. The minimum Gasteiger partial charge on any atom is -0.490 e. The predicted molar refractivity (Wildman–Crippen MR) is 216 cm³/mol. The first-order valence-corrected chi connectivity index (χ1v) is 20.0. The second-order valence-electron chi connectivity index (χ2n) is 14.6. The van der Waals surface area contributed by atoms with Gasteiger partial charge in [0, 0.05) is 49.8 Å². The Morgan fingerprint density at radius 3 is 2.43 bits per heavy atom. The lowest BCUT2D eigenvalue weighted by atomic mass is 9.55. The Morgan fingerprint density at radius 2 is 1.76 bits per heavy atom. The standard InChI is InChI=1S/C43H57N3O12/c1-4-22-55-33-16-17-38-36(27-33)40-34(11-7-9-20-48)31(10-6-8-19-47)26-35-37(44-57-29-30-12-14-32(15-13-30)46(51)52)28-39(43(58-38,41(35)40)56-23-5-2)45(42(50)53-3)18-24-54-25-21-49/h4-5,12-17,26-27,31,34,39-41,47-49H,1-2,6-11,18-25,28-29H2,3H3. The topological polar surface area (TPSA) is 192 Å². The average Bonchev–Trinajstić information content (AvgIpc) is 3.23. The van der Waals surface area contributed by atoms with Gasteiger partial charge in [-0.05, 0) is 79.0 Å². The van der Waals surface area contributed by atoms with Crippen molar-refractivity contribution in [2.24, 2.45) is 22.9 Å². The number of unbranched alkanes of at least 4 members (excludes halogenated alkanes) is 2. The molecule has 1 amide bonds. The van der Waals surface area contributed by atoms with Crippen LogP contribution in [0.4, 0.5) is 10.5 Å². The molecule has 1 fully saturated rings. The number of hydrogen-bond acceptors (Lipinski definition) is 13. The number of methoxy groups -OCH3 is 1. The summed E-state index contributed by atoms with van der Waals surface area (Å²) < 4.78 is 31.2. The van der Waals surface area contributed by atoms with E-state index in [1.165, 1.54) is 24.1 Å². The Kier molecular flexibility index (Phi) is 16.7. The van der Waals surface area contributed by atoms with E-state index >= 15 is 0 Å². The van der Waals surface area contributed by atoms with E-state index in [1.54, 1.807) is 24.3 Å². The summed E-state index contributed by atoms with van der Waals surface area (Å²) in [4.78, 5) is 32.3. The number of rotatable bonds is 24. The van der Waals surface area contributed by atoms with Gasteiger partial charge >= 0.3 is 6.09 Å². The number of nitro groups is 1. The van der Waals surface area contributed by atoms with Gasteiger partial charge in [0.15, 0.2) is 0 Å². The number of amides is 1. The van der Waals surface area contributed by atoms with Crippen LogP contribution in [0.5, 0.6) is 11.5 Å². The number of ether oxygens (including phenoxy) is 5. The van der Waals surface area contributed by atoms with Crippen LogP contribution in [0, 0.1) is 27.9 Å². The van der Waals surface area contributed by atoms with Crippen LogP contribution in [0.25, 0.3) is 0 Å². The molecule has 15 nitrogen and oxygen atoms in total. The largest absolute Gasteiger partial charge is 0.490 e. The van der Waals surface area contributed by atoms with Gasteiger partial charge < -0.3 is 43.8 Å². The molecule has 0 aromatic heterocycles. The summed E-state index contributed by atoms with van der Waals surface area (Å²) in [5.41, 5.74) is 2.94. The van der Waals surface area contributed by atoms with Crippen LogP contribution in [0.15, 0.2) is 84.6 Å². The highest BCUT2D eigenvalue weighted by Gasteiger charge is 2.65. The summed E-state index contributed by atoms with van der Waals surface area (Å²) in [5.74, 6) is -1.12. The third-order valence-corrected chi connectivity index (χ3v) is 11.1. The quantitative estimate of drug-likeness (QED) is 0.0481. The molecule has 1 aliphatic heterocycles. The number of aliphatic hydroxyl groups is 3. The molecular weight excluding hydrogens is 750 g/mol. The molecule has 2 aliphatic carbocycles. The van der Waals surface area contributed by atoms with Gasteiger partial charge in [-0.3, -0.25) is 15.0 Å². The summed E-state index contributed by atoms with van der Waals surface area (Å²) >= 11 is 0. The molecule has 2 aromatic rings. The number of oxime groups is 1. The van der Waals surface area contributed by atoms with Crippen molar-refractivity contribution in [2.75, 3.05) is 59.9 Å². The molecule has 1 heterocycles. The Hall–Kier alpha value is -4.80. The maximum atomic E-state index is 13.9. The third-order valence-electron chi connectivity index (χ3n) is 11.1. The minimum atomic E-state index is -1.50. The van der Waals surface area contributed by atoms with Gasteiger partial charge in [0.2, 0.25) is 5.79 Å². The fraction of sp³-hybridized carbons (Fsp3) is 0.535. The molecule has 0 radical (unpaired) electrons. The first kappa shape index (κ1) is 44.3. The highest BCUT2D eigenvalue weighted by atomic mass is 16.7. The van der Waals surface area contributed by atoms with Crippen molar-refractivity contribution in [2.45, 2.75) is 69.3 Å². The Balaban J connectivity index is 1.74. The van der Waals surface area contributed by atoms with E-state index in [2.05, 4.69) is 19.2 Å². The van der Waals surface area contributed by atoms with Gasteiger partial charge in [-0.2, -0.15) is 0 Å². The van der Waals surface area contributed by atoms with E-state index in [-0.39, 0.29) is 82.7 Å². The lowest BCUT2D eigenvalue weighted by molar-refractivity contribution is -0.384. The first-order chi connectivity index (χ1) is 28.3. The molecule has 0 spiro atoms. The van der Waals surface area contributed by atoms with Crippen LogP contribution >= 0.6 is 0 Å². The number of nitro benzene ring substituents is 1. The van der Waals surface area contributed by atoms with Gasteiger partial charge in [-0.1, -0.05) is 42.8 Å². The molecule has 58 heavy (non-hydrogen) atoms. The number of benzene rings is 2. The van der Waals surface area contributed by atoms with Crippen molar-refractivity contribution in [3.63, 3.8) is 0 Å². The zero-order valence-corrected chi connectivity index (χ0v) is 33.2. The highest BCUT2D eigenvalue weighted by Crippen LogP contribution is 2.62. The van der Waals surface area contributed by atoms with Crippen molar-refractivity contribution in [1.29, 1.82) is 0 Å². The monoisotopic (exact) mass is 807 g/mol. The summed E-state index contributed by atoms with van der Waals surface area (Å²) in [6, 6.07) is 10.9. The molecule has 0 saturated heterocycles. The maximum absolute atomic E-state index is 13.9. The molecule has 3 aliphatic rings. The fourth-order valence-electron chi connectivity index (χ4n) is 8.61. The SMILES string of the molecule is C=CCOc1ccc2c(c1)C1C(CCCCO)C(CCCCO)C=C3C(=NOCc4ccc([N+](=O)[O-])cc4)CC(N(CCOCCO)C(=O)OC)C(OCC=C)(O2)C31. The van der Waals surface area contributed by atoms with Crippen molar-refractivity contribution >= 4 is 17.5 Å². The van der Waals surface area contributed by atoms with Gasteiger partial charge in [0.1, 0.15) is 30.8 Å². The van der Waals surface area contributed by atoms with Crippen molar-refractivity contribution in [3.05, 3.63) is 101 Å². The average molecular weight is 808 g/mol. The molecule has 0 bridgehead atoms. The molecule has 1 saturated carbocycles. The van der Waals surface area contributed by atoms with E-state index in [1.807, 2.05) is 18.2 Å². The molecule has 3 N–H and O–H groups in total. The van der Waals surface area contributed by atoms with E-state index < -0.39 is 28.8 Å². The lowest BCUT2D eigenvalue weighted by Crippen LogP contribution is -2.70. The summed E-state index contributed by atoms with van der Waals surface area (Å²) in [7, 11) is 1.30. The molecule has 2 aromatic carbocycles. The Labute approximate surface area is 339 Å². The normalized spacial score (nSPS) is 23.8. The van der Waals surface area contributed by atoms with Crippen LogP contribution < -0.4 is 9.47 Å². The Bertz CT molecular complexity index is 1750. The fourth-order valence-corrected chi connectivity index (χ4v) is 8.61. The van der Waals surface area contributed by atoms with Crippen LogP contribution in [-0.4, -0.2) is 109 Å². The number of hydrogen-bond donors (Lipinski definition) is 3. The molecule has 15 heteroatoms. The molecular formula is C43H57N3O12. The number of non-ortho nitro benzene ring substituents is 1. The molecule has 6 unspecified atom stereocenters. The van der Waals surface area contributed by atoms with Crippen LogP contribution in [0.3, 0.4) is 0 Å². The highest BCUT2D eigenvalue weighted by molar-refractivity contribution is 6.03.